The molecule has 1 heterocycles. The van der Waals surface area contributed by atoms with Crippen molar-refractivity contribution >= 4 is 35.2 Å². The molecule has 0 atom stereocenters. The number of halogens is 1. The highest BCUT2D eigenvalue weighted by Crippen LogP contribution is 2.30. The molecule has 0 fully saturated rings. The van der Waals surface area contributed by atoms with E-state index in [1.807, 2.05) is 13.8 Å². The molecular formula is C24H23ClN2O6. The third kappa shape index (κ3) is 5.93. The Bertz CT molecular complexity index is 1180. The number of esters is 1. The number of hydrogen-bond donors (Lipinski definition) is 1. The lowest BCUT2D eigenvalue weighted by Crippen LogP contribution is -2.10. The van der Waals surface area contributed by atoms with E-state index in [0.717, 1.165) is 16.8 Å². The van der Waals surface area contributed by atoms with Gasteiger partial charge in [0.15, 0.2) is 11.5 Å². The second-order valence-electron chi connectivity index (χ2n) is 7.01. The van der Waals surface area contributed by atoms with E-state index in [9.17, 15) is 9.59 Å². The molecule has 8 nitrogen and oxygen atoms in total. The number of aromatic nitrogens is 1. The minimum absolute atomic E-state index is 0.276. The summed E-state index contributed by atoms with van der Waals surface area (Å²) in [4.78, 5) is 24.1. The predicted octanol–water partition coefficient (Wildman–Crippen LogP) is 4.97. The van der Waals surface area contributed by atoms with Crippen molar-refractivity contribution < 1.29 is 28.3 Å². The van der Waals surface area contributed by atoms with Gasteiger partial charge in [0.2, 0.25) is 5.91 Å². The Morgan fingerprint density at radius 2 is 1.91 bits per heavy atom. The van der Waals surface area contributed by atoms with Crippen molar-refractivity contribution in [2.45, 2.75) is 20.5 Å². The molecule has 1 N–H and O–H groups in total. The predicted molar refractivity (Wildman–Crippen MR) is 124 cm³/mol. The summed E-state index contributed by atoms with van der Waals surface area (Å²) >= 11 is 6.12. The number of benzene rings is 2. The van der Waals surface area contributed by atoms with Crippen LogP contribution in [0.2, 0.25) is 5.02 Å². The molecule has 3 rings (SSSR count). The van der Waals surface area contributed by atoms with Gasteiger partial charge in [0.25, 0.3) is 0 Å². The zero-order chi connectivity index (χ0) is 24.0. The zero-order valence-electron chi connectivity index (χ0n) is 18.6. The van der Waals surface area contributed by atoms with Crippen LogP contribution in [0.1, 0.15) is 32.9 Å². The van der Waals surface area contributed by atoms with Gasteiger partial charge in [0, 0.05) is 6.08 Å². The van der Waals surface area contributed by atoms with Gasteiger partial charge in [-0.15, -0.1) is 0 Å². The van der Waals surface area contributed by atoms with Crippen LogP contribution in [0.3, 0.4) is 0 Å². The topological polar surface area (TPSA) is 99.9 Å². The van der Waals surface area contributed by atoms with Crippen molar-refractivity contribution in [1.29, 1.82) is 0 Å². The van der Waals surface area contributed by atoms with Crippen molar-refractivity contribution in [3.8, 4) is 11.5 Å². The Hall–Kier alpha value is -3.78. The van der Waals surface area contributed by atoms with Gasteiger partial charge < -0.3 is 24.1 Å². The second kappa shape index (κ2) is 10.7. The van der Waals surface area contributed by atoms with Crippen LogP contribution in [0.25, 0.3) is 6.08 Å². The molecule has 0 bridgehead atoms. The first-order chi connectivity index (χ1) is 15.8. The smallest absolute Gasteiger partial charge is 0.337 e. The number of anilines is 1. The highest BCUT2D eigenvalue weighted by Gasteiger charge is 2.13. The van der Waals surface area contributed by atoms with Crippen molar-refractivity contribution in [2.24, 2.45) is 0 Å². The molecule has 33 heavy (non-hydrogen) atoms. The maximum atomic E-state index is 12.4. The molecule has 1 amide bonds. The van der Waals surface area contributed by atoms with E-state index in [2.05, 4.69) is 15.2 Å². The first-order valence-corrected chi connectivity index (χ1v) is 10.3. The fourth-order valence-corrected chi connectivity index (χ4v) is 3.14. The van der Waals surface area contributed by atoms with E-state index < -0.39 is 11.9 Å². The number of aryl methyl sites for hydroxylation is 2. The summed E-state index contributed by atoms with van der Waals surface area (Å²) in [6.45, 7) is 3.97. The Balaban J connectivity index is 1.68. The van der Waals surface area contributed by atoms with Crippen LogP contribution in [-0.2, 0) is 16.1 Å². The summed E-state index contributed by atoms with van der Waals surface area (Å²) < 4.78 is 21.1. The average molecular weight is 471 g/mol. The molecule has 0 aliphatic carbocycles. The number of amides is 1. The minimum Gasteiger partial charge on any atom is -0.493 e. The molecule has 0 aliphatic heterocycles. The average Bonchev–Trinajstić information content (AvgIpc) is 3.14. The molecule has 0 radical (unpaired) electrons. The molecule has 9 heteroatoms. The third-order valence-electron chi connectivity index (χ3n) is 4.81. The summed E-state index contributed by atoms with van der Waals surface area (Å²) in [7, 11) is 2.81. The maximum absolute atomic E-state index is 12.4. The van der Waals surface area contributed by atoms with E-state index in [-0.39, 0.29) is 5.56 Å². The van der Waals surface area contributed by atoms with E-state index in [1.165, 1.54) is 38.5 Å². The van der Waals surface area contributed by atoms with Gasteiger partial charge in [-0.25, -0.2) is 4.79 Å². The van der Waals surface area contributed by atoms with Crippen LogP contribution in [0.4, 0.5) is 5.69 Å². The number of ether oxygens (including phenoxy) is 3. The van der Waals surface area contributed by atoms with E-state index in [4.69, 9.17) is 25.6 Å². The summed E-state index contributed by atoms with van der Waals surface area (Å²) in [6.07, 6.45) is 2.97. The van der Waals surface area contributed by atoms with Crippen LogP contribution in [0.5, 0.6) is 11.5 Å². The van der Waals surface area contributed by atoms with Crippen LogP contribution < -0.4 is 14.8 Å². The fourth-order valence-electron chi connectivity index (χ4n) is 2.98. The van der Waals surface area contributed by atoms with Crippen molar-refractivity contribution in [3.63, 3.8) is 0 Å². The standard InChI is InChI=1S/C24H23ClN2O6/c1-14-18(15(2)33-27-14)13-32-21-9-5-16(11-22(21)30-3)6-10-23(28)26-20-12-17(24(29)31-4)7-8-19(20)25/h5-12H,13H2,1-4H3,(H,26,28)/b10-6+. The van der Waals surface area contributed by atoms with Gasteiger partial charge in [-0.2, -0.15) is 0 Å². The number of methoxy groups -OCH3 is 2. The van der Waals surface area contributed by atoms with E-state index in [1.54, 1.807) is 24.3 Å². The lowest BCUT2D eigenvalue weighted by atomic mass is 10.1. The Morgan fingerprint density at radius 1 is 1.12 bits per heavy atom. The Labute approximate surface area is 196 Å². The molecule has 0 unspecified atom stereocenters. The quantitative estimate of drug-likeness (QED) is 0.366. The fraction of sp³-hybridized carbons (Fsp3) is 0.208. The van der Waals surface area contributed by atoms with Gasteiger partial charge in [-0.1, -0.05) is 22.8 Å². The molecular weight excluding hydrogens is 448 g/mol. The maximum Gasteiger partial charge on any atom is 0.337 e. The van der Waals surface area contributed by atoms with Crippen LogP contribution in [0.15, 0.2) is 47.0 Å². The number of nitrogens with zero attached hydrogens (tertiary/aromatic N) is 1. The normalized spacial score (nSPS) is 10.8. The van der Waals surface area contributed by atoms with Gasteiger partial charge >= 0.3 is 5.97 Å². The van der Waals surface area contributed by atoms with E-state index in [0.29, 0.717) is 34.6 Å². The number of hydrogen-bond acceptors (Lipinski definition) is 7. The molecule has 0 saturated heterocycles. The monoisotopic (exact) mass is 470 g/mol. The van der Waals surface area contributed by atoms with Crippen LogP contribution in [-0.4, -0.2) is 31.3 Å². The summed E-state index contributed by atoms with van der Waals surface area (Å²) in [5.41, 5.74) is 2.95. The molecule has 3 aromatic rings. The molecule has 0 spiro atoms. The van der Waals surface area contributed by atoms with Crippen LogP contribution >= 0.6 is 11.6 Å². The lowest BCUT2D eigenvalue weighted by Gasteiger charge is -2.11. The summed E-state index contributed by atoms with van der Waals surface area (Å²) in [6, 6.07) is 9.77. The van der Waals surface area contributed by atoms with Crippen molar-refractivity contribution in [2.75, 3.05) is 19.5 Å². The van der Waals surface area contributed by atoms with Crippen molar-refractivity contribution in [1.82, 2.24) is 5.16 Å². The SMILES string of the molecule is COC(=O)c1ccc(Cl)c(NC(=O)/C=C/c2ccc(OCc3c(C)noc3C)c(OC)c2)c1. The number of nitrogens with one attached hydrogen (secondary N) is 1. The molecule has 1 aromatic heterocycles. The van der Waals surface area contributed by atoms with Gasteiger partial charge in [0.05, 0.1) is 41.8 Å². The zero-order valence-corrected chi connectivity index (χ0v) is 19.4. The van der Waals surface area contributed by atoms with Crippen molar-refractivity contribution in [3.05, 3.63) is 75.6 Å². The largest absolute Gasteiger partial charge is 0.493 e. The van der Waals surface area contributed by atoms with Gasteiger partial charge in [0.1, 0.15) is 12.4 Å². The number of carbonyl (C=O) groups is 2. The second-order valence-corrected chi connectivity index (χ2v) is 7.42. The molecule has 0 saturated carbocycles. The Kier molecular flexibility index (Phi) is 7.74. The molecule has 0 aliphatic rings. The van der Waals surface area contributed by atoms with Gasteiger partial charge in [-0.05, 0) is 55.8 Å². The number of rotatable bonds is 8. The van der Waals surface area contributed by atoms with E-state index >= 15 is 0 Å². The highest BCUT2D eigenvalue weighted by atomic mass is 35.5. The molecule has 172 valence electrons. The first-order valence-electron chi connectivity index (χ1n) is 9.92. The third-order valence-corrected chi connectivity index (χ3v) is 5.14. The highest BCUT2D eigenvalue weighted by molar-refractivity contribution is 6.34. The Morgan fingerprint density at radius 3 is 2.58 bits per heavy atom. The summed E-state index contributed by atoms with van der Waals surface area (Å²) in [5, 5.41) is 6.86. The van der Waals surface area contributed by atoms with Crippen LogP contribution in [0, 0.1) is 13.8 Å². The first kappa shape index (κ1) is 23.9. The van der Waals surface area contributed by atoms with Gasteiger partial charge in [-0.3, -0.25) is 4.79 Å². The number of carbonyl (C=O) groups excluding carboxylic acids is 2. The summed E-state index contributed by atoms with van der Waals surface area (Å²) in [5.74, 6) is 0.816. The molecule has 2 aromatic carbocycles. The minimum atomic E-state index is -0.526. The lowest BCUT2D eigenvalue weighted by molar-refractivity contribution is -0.111.